The molecule has 0 saturated heterocycles. The first kappa shape index (κ1) is 14.3. The second-order valence-electron chi connectivity index (χ2n) is 4.86. The lowest BCUT2D eigenvalue weighted by Crippen LogP contribution is -2.11. The topological polar surface area (TPSA) is 47.0 Å². The minimum Gasteiger partial charge on any atom is -0.491 e. The maximum absolute atomic E-state index is 5.82. The van der Waals surface area contributed by atoms with Gasteiger partial charge in [0.15, 0.2) is 0 Å². The molecule has 4 heteroatoms. The molecular formula is C16H21N3O. The lowest BCUT2D eigenvalue weighted by atomic mass is 10.2. The quantitative estimate of drug-likeness (QED) is 0.867. The standard InChI is InChI=1S/C16H21N3O/c1-4-12(2)20-15-7-5-6-14(10-15)19-13(3)16-11-17-8-9-18-16/h5-13,19H,4H2,1-3H3/t12-,13-/m0/s1. The highest BCUT2D eigenvalue weighted by molar-refractivity contribution is 5.49. The van der Waals surface area contributed by atoms with Crippen molar-refractivity contribution in [3.63, 3.8) is 0 Å². The van der Waals surface area contributed by atoms with Gasteiger partial charge in [-0.3, -0.25) is 9.97 Å². The van der Waals surface area contributed by atoms with Crippen LogP contribution in [0.1, 0.15) is 38.9 Å². The van der Waals surface area contributed by atoms with Crippen molar-refractivity contribution in [3.05, 3.63) is 48.5 Å². The van der Waals surface area contributed by atoms with Gasteiger partial charge in [-0.1, -0.05) is 13.0 Å². The summed E-state index contributed by atoms with van der Waals surface area (Å²) in [5, 5.41) is 3.41. The van der Waals surface area contributed by atoms with Crippen LogP contribution in [0.4, 0.5) is 5.69 Å². The van der Waals surface area contributed by atoms with Gasteiger partial charge in [0.25, 0.3) is 0 Å². The molecule has 0 amide bonds. The van der Waals surface area contributed by atoms with Crippen molar-refractivity contribution in [1.29, 1.82) is 0 Å². The maximum atomic E-state index is 5.82. The van der Waals surface area contributed by atoms with Crippen LogP contribution in [-0.2, 0) is 0 Å². The second-order valence-corrected chi connectivity index (χ2v) is 4.86. The fraction of sp³-hybridized carbons (Fsp3) is 0.375. The minimum atomic E-state index is 0.0996. The van der Waals surface area contributed by atoms with Gasteiger partial charge < -0.3 is 10.1 Å². The largest absolute Gasteiger partial charge is 0.491 e. The normalized spacial score (nSPS) is 13.6. The molecule has 1 N–H and O–H groups in total. The molecule has 2 aromatic rings. The smallest absolute Gasteiger partial charge is 0.121 e. The van der Waals surface area contributed by atoms with Crippen LogP contribution >= 0.6 is 0 Å². The zero-order chi connectivity index (χ0) is 14.4. The molecule has 0 bridgehead atoms. The molecule has 2 atom stereocenters. The van der Waals surface area contributed by atoms with Gasteiger partial charge in [-0.15, -0.1) is 0 Å². The number of rotatable bonds is 6. The Balaban J connectivity index is 2.04. The van der Waals surface area contributed by atoms with Crippen LogP contribution in [-0.4, -0.2) is 16.1 Å². The highest BCUT2D eigenvalue weighted by Gasteiger charge is 2.07. The summed E-state index contributed by atoms with van der Waals surface area (Å²) in [6.45, 7) is 6.25. The van der Waals surface area contributed by atoms with E-state index < -0.39 is 0 Å². The van der Waals surface area contributed by atoms with E-state index in [1.165, 1.54) is 0 Å². The van der Waals surface area contributed by atoms with E-state index in [2.05, 4.69) is 36.1 Å². The molecule has 0 fully saturated rings. The second kappa shape index (κ2) is 6.89. The van der Waals surface area contributed by atoms with Crippen molar-refractivity contribution in [2.45, 2.75) is 39.3 Å². The Kier molecular flexibility index (Phi) is 4.93. The average Bonchev–Trinajstić information content (AvgIpc) is 2.48. The van der Waals surface area contributed by atoms with Crippen molar-refractivity contribution in [3.8, 4) is 5.75 Å². The van der Waals surface area contributed by atoms with Crippen LogP contribution < -0.4 is 10.1 Å². The zero-order valence-corrected chi connectivity index (χ0v) is 12.2. The molecular weight excluding hydrogens is 250 g/mol. The summed E-state index contributed by atoms with van der Waals surface area (Å²) in [7, 11) is 0. The highest BCUT2D eigenvalue weighted by atomic mass is 16.5. The van der Waals surface area contributed by atoms with Crippen LogP contribution in [0, 0.1) is 0 Å². The third kappa shape index (κ3) is 3.95. The van der Waals surface area contributed by atoms with E-state index in [0.29, 0.717) is 0 Å². The van der Waals surface area contributed by atoms with Gasteiger partial charge in [0.1, 0.15) is 5.75 Å². The first-order valence-corrected chi connectivity index (χ1v) is 6.98. The molecule has 0 saturated carbocycles. The molecule has 0 aliphatic rings. The molecule has 0 aliphatic heterocycles. The van der Waals surface area contributed by atoms with Gasteiger partial charge >= 0.3 is 0 Å². The van der Waals surface area contributed by atoms with Gasteiger partial charge in [-0.2, -0.15) is 0 Å². The van der Waals surface area contributed by atoms with Crippen molar-refractivity contribution in [2.24, 2.45) is 0 Å². The summed E-state index contributed by atoms with van der Waals surface area (Å²) in [5.41, 5.74) is 1.93. The fourth-order valence-corrected chi connectivity index (χ4v) is 1.83. The summed E-state index contributed by atoms with van der Waals surface area (Å²) in [6.07, 6.45) is 6.38. The Morgan fingerprint density at radius 2 is 2.10 bits per heavy atom. The number of benzene rings is 1. The number of aromatic nitrogens is 2. The molecule has 1 heterocycles. The number of hydrogen-bond acceptors (Lipinski definition) is 4. The SMILES string of the molecule is CC[C@H](C)Oc1cccc(N[C@@H](C)c2cnccn2)c1. The predicted molar refractivity (Wildman–Crippen MR) is 80.9 cm³/mol. The van der Waals surface area contributed by atoms with Crippen LogP contribution in [0.15, 0.2) is 42.9 Å². The Morgan fingerprint density at radius 1 is 1.25 bits per heavy atom. The number of nitrogens with one attached hydrogen (secondary N) is 1. The minimum absolute atomic E-state index is 0.0996. The molecule has 0 unspecified atom stereocenters. The third-order valence-electron chi connectivity index (χ3n) is 3.16. The van der Waals surface area contributed by atoms with Crippen molar-refractivity contribution >= 4 is 5.69 Å². The Bertz CT molecular complexity index is 530. The molecule has 0 radical (unpaired) electrons. The summed E-state index contributed by atoms with van der Waals surface area (Å²) in [4.78, 5) is 8.39. The molecule has 0 aliphatic carbocycles. The number of ether oxygens (including phenoxy) is 1. The van der Waals surface area contributed by atoms with Crippen LogP contribution in [0.5, 0.6) is 5.75 Å². The monoisotopic (exact) mass is 271 g/mol. The first-order valence-electron chi connectivity index (χ1n) is 6.98. The molecule has 4 nitrogen and oxygen atoms in total. The summed E-state index contributed by atoms with van der Waals surface area (Å²) in [5.74, 6) is 0.885. The lowest BCUT2D eigenvalue weighted by Gasteiger charge is -2.17. The summed E-state index contributed by atoms with van der Waals surface area (Å²) < 4.78 is 5.82. The van der Waals surface area contributed by atoms with E-state index in [4.69, 9.17) is 4.74 Å². The molecule has 20 heavy (non-hydrogen) atoms. The van der Waals surface area contributed by atoms with Gasteiger partial charge in [0.05, 0.1) is 24.0 Å². The molecule has 1 aromatic carbocycles. The predicted octanol–water partition coefficient (Wildman–Crippen LogP) is 3.83. The highest BCUT2D eigenvalue weighted by Crippen LogP contribution is 2.22. The van der Waals surface area contributed by atoms with E-state index in [1.54, 1.807) is 18.6 Å². The molecule has 2 rings (SSSR count). The van der Waals surface area contributed by atoms with E-state index in [9.17, 15) is 0 Å². The van der Waals surface area contributed by atoms with Crippen molar-refractivity contribution in [2.75, 3.05) is 5.32 Å². The summed E-state index contributed by atoms with van der Waals surface area (Å²) >= 11 is 0. The maximum Gasteiger partial charge on any atom is 0.121 e. The van der Waals surface area contributed by atoms with Crippen molar-refractivity contribution < 1.29 is 4.74 Å². The summed E-state index contributed by atoms with van der Waals surface area (Å²) in [6, 6.07) is 8.10. The Labute approximate surface area is 120 Å². The molecule has 106 valence electrons. The molecule has 1 aromatic heterocycles. The van der Waals surface area contributed by atoms with Crippen LogP contribution in [0.3, 0.4) is 0 Å². The lowest BCUT2D eigenvalue weighted by molar-refractivity contribution is 0.217. The van der Waals surface area contributed by atoms with Crippen LogP contribution in [0.2, 0.25) is 0 Å². The average molecular weight is 271 g/mol. The van der Waals surface area contributed by atoms with E-state index in [1.807, 2.05) is 24.3 Å². The van der Waals surface area contributed by atoms with E-state index in [0.717, 1.165) is 23.6 Å². The first-order chi connectivity index (χ1) is 9.69. The van der Waals surface area contributed by atoms with Gasteiger partial charge in [-0.05, 0) is 32.4 Å². The number of anilines is 1. The number of hydrogen-bond donors (Lipinski definition) is 1. The van der Waals surface area contributed by atoms with Crippen molar-refractivity contribution in [1.82, 2.24) is 9.97 Å². The zero-order valence-electron chi connectivity index (χ0n) is 12.2. The van der Waals surface area contributed by atoms with Gasteiger partial charge in [-0.25, -0.2) is 0 Å². The van der Waals surface area contributed by atoms with Gasteiger partial charge in [0, 0.05) is 24.1 Å². The fourth-order valence-electron chi connectivity index (χ4n) is 1.83. The Morgan fingerprint density at radius 3 is 2.80 bits per heavy atom. The van der Waals surface area contributed by atoms with E-state index >= 15 is 0 Å². The third-order valence-corrected chi connectivity index (χ3v) is 3.16. The van der Waals surface area contributed by atoms with Gasteiger partial charge in [0.2, 0.25) is 0 Å². The molecule has 0 spiro atoms. The van der Waals surface area contributed by atoms with E-state index in [-0.39, 0.29) is 12.1 Å². The Hall–Kier alpha value is -2.10. The van der Waals surface area contributed by atoms with Crippen LogP contribution in [0.25, 0.3) is 0 Å². The number of nitrogens with zero attached hydrogens (tertiary/aromatic N) is 2.